The summed E-state index contributed by atoms with van der Waals surface area (Å²) in [5, 5.41) is 3.83. The minimum atomic E-state index is -4.57. The van der Waals surface area contributed by atoms with E-state index >= 15 is 0 Å². The van der Waals surface area contributed by atoms with Crippen LogP contribution in [0.2, 0.25) is 0 Å². The number of rotatable bonds is 4. The van der Waals surface area contributed by atoms with Crippen molar-refractivity contribution in [2.75, 3.05) is 26.2 Å². The number of piperidine rings is 1. The van der Waals surface area contributed by atoms with Crippen LogP contribution in [-0.4, -0.2) is 55.2 Å². The number of hydrogen-bond donors (Lipinski definition) is 2. The average Bonchev–Trinajstić information content (AvgIpc) is 2.64. The second-order valence-electron chi connectivity index (χ2n) is 6.12. The van der Waals surface area contributed by atoms with Gasteiger partial charge in [-0.3, -0.25) is 9.59 Å². The molecule has 0 aliphatic carbocycles. The number of amides is 3. The molecular formula is C17H20F3N3O4. The van der Waals surface area contributed by atoms with E-state index in [4.69, 9.17) is 4.74 Å². The molecule has 0 bridgehead atoms. The molecule has 1 aliphatic rings. The molecule has 1 fully saturated rings. The fraction of sp³-hybridized carbons (Fsp3) is 0.471. The van der Waals surface area contributed by atoms with Crippen LogP contribution in [0.25, 0.3) is 0 Å². The maximum atomic E-state index is 12.1. The van der Waals surface area contributed by atoms with E-state index in [2.05, 4.69) is 5.32 Å². The SMILES string of the molecule is O=C(NCC1CCN(C(=O)Oc2ccccc2)CC1)C(=O)NCC(F)(F)F. The Morgan fingerprint density at radius 3 is 2.22 bits per heavy atom. The molecule has 27 heavy (non-hydrogen) atoms. The first-order valence-electron chi connectivity index (χ1n) is 8.39. The van der Waals surface area contributed by atoms with Crippen molar-refractivity contribution < 1.29 is 32.3 Å². The highest BCUT2D eigenvalue weighted by molar-refractivity contribution is 6.35. The number of carbonyl (C=O) groups excluding carboxylic acids is 3. The lowest BCUT2D eigenvalue weighted by Crippen LogP contribution is -2.46. The second-order valence-corrected chi connectivity index (χ2v) is 6.12. The quantitative estimate of drug-likeness (QED) is 0.770. The highest BCUT2D eigenvalue weighted by Crippen LogP contribution is 2.18. The highest BCUT2D eigenvalue weighted by Gasteiger charge is 2.29. The zero-order valence-electron chi connectivity index (χ0n) is 14.4. The average molecular weight is 387 g/mol. The summed E-state index contributed by atoms with van der Waals surface area (Å²) in [6.45, 7) is -0.556. The maximum absolute atomic E-state index is 12.1. The van der Waals surface area contributed by atoms with E-state index in [1.165, 1.54) is 5.32 Å². The summed E-state index contributed by atoms with van der Waals surface area (Å²) in [7, 11) is 0. The third-order valence-electron chi connectivity index (χ3n) is 4.03. The highest BCUT2D eigenvalue weighted by atomic mass is 19.4. The van der Waals surface area contributed by atoms with Crippen LogP contribution >= 0.6 is 0 Å². The Morgan fingerprint density at radius 2 is 1.63 bits per heavy atom. The number of para-hydroxylation sites is 1. The molecular weight excluding hydrogens is 367 g/mol. The maximum Gasteiger partial charge on any atom is 0.415 e. The van der Waals surface area contributed by atoms with Crippen molar-refractivity contribution in [3.8, 4) is 5.75 Å². The van der Waals surface area contributed by atoms with E-state index in [1.54, 1.807) is 35.2 Å². The van der Waals surface area contributed by atoms with Gasteiger partial charge in [0, 0.05) is 19.6 Å². The molecule has 0 spiro atoms. The predicted octanol–water partition coefficient (Wildman–Crippen LogP) is 1.69. The first-order chi connectivity index (χ1) is 12.7. The van der Waals surface area contributed by atoms with Crippen LogP contribution < -0.4 is 15.4 Å². The standard InChI is InChI=1S/C17H20F3N3O4/c18-17(19,20)11-22-15(25)14(24)21-10-12-6-8-23(9-7-12)16(26)27-13-4-2-1-3-5-13/h1-5,12H,6-11H2,(H,21,24)(H,22,25). The Labute approximate surface area is 153 Å². The van der Waals surface area contributed by atoms with Gasteiger partial charge in [-0.05, 0) is 30.9 Å². The van der Waals surface area contributed by atoms with E-state index in [9.17, 15) is 27.6 Å². The Morgan fingerprint density at radius 1 is 1.04 bits per heavy atom. The molecule has 148 valence electrons. The van der Waals surface area contributed by atoms with Crippen molar-refractivity contribution in [3.63, 3.8) is 0 Å². The molecule has 0 radical (unpaired) electrons. The van der Waals surface area contributed by atoms with Crippen LogP contribution in [0.3, 0.4) is 0 Å². The number of carbonyl (C=O) groups is 3. The van der Waals surface area contributed by atoms with Gasteiger partial charge in [0.25, 0.3) is 0 Å². The lowest BCUT2D eigenvalue weighted by molar-refractivity contribution is -0.146. The smallest absolute Gasteiger partial charge is 0.410 e. The van der Waals surface area contributed by atoms with E-state index in [0.29, 0.717) is 31.7 Å². The van der Waals surface area contributed by atoms with Crippen molar-refractivity contribution in [2.45, 2.75) is 19.0 Å². The Bertz CT molecular complexity index is 659. The zero-order valence-corrected chi connectivity index (χ0v) is 14.4. The summed E-state index contributed by atoms with van der Waals surface area (Å²) in [5.41, 5.74) is 0. The largest absolute Gasteiger partial charge is 0.415 e. The van der Waals surface area contributed by atoms with Crippen LogP contribution in [0.5, 0.6) is 5.75 Å². The van der Waals surface area contributed by atoms with Gasteiger partial charge in [-0.25, -0.2) is 4.79 Å². The number of likely N-dealkylation sites (tertiary alicyclic amines) is 1. The molecule has 3 amide bonds. The summed E-state index contributed by atoms with van der Waals surface area (Å²) >= 11 is 0. The number of hydrogen-bond acceptors (Lipinski definition) is 4. The summed E-state index contributed by atoms with van der Waals surface area (Å²) in [6, 6.07) is 8.65. The van der Waals surface area contributed by atoms with Crippen molar-refractivity contribution in [1.82, 2.24) is 15.5 Å². The second kappa shape index (κ2) is 9.24. The first kappa shape index (κ1) is 20.5. The minimum absolute atomic E-state index is 0.0186. The predicted molar refractivity (Wildman–Crippen MR) is 88.8 cm³/mol. The molecule has 1 aromatic rings. The van der Waals surface area contributed by atoms with E-state index in [-0.39, 0.29) is 12.5 Å². The molecule has 7 nitrogen and oxygen atoms in total. The number of nitrogens with one attached hydrogen (secondary N) is 2. The van der Waals surface area contributed by atoms with Gasteiger partial charge >= 0.3 is 24.1 Å². The van der Waals surface area contributed by atoms with Gasteiger partial charge in [0.2, 0.25) is 0 Å². The van der Waals surface area contributed by atoms with Crippen LogP contribution in [0, 0.1) is 5.92 Å². The van der Waals surface area contributed by atoms with Crippen molar-refractivity contribution >= 4 is 17.9 Å². The summed E-state index contributed by atoms with van der Waals surface area (Å²) in [6.07, 6.45) is -3.88. The molecule has 0 saturated carbocycles. The third kappa shape index (κ3) is 7.16. The molecule has 1 aromatic carbocycles. The van der Waals surface area contributed by atoms with Gasteiger partial charge in [0.05, 0.1) is 0 Å². The molecule has 1 saturated heterocycles. The van der Waals surface area contributed by atoms with Crippen LogP contribution in [0.1, 0.15) is 12.8 Å². The fourth-order valence-electron chi connectivity index (χ4n) is 2.55. The van der Waals surface area contributed by atoms with E-state index < -0.39 is 30.6 Å². The van der Waals surface area contributed by atoms with Crippen LogP contribution in [-0.2, 0) is 9.59 Å². The van der Waals surface area contributed by atoms with Gasteiger partial charge in [0.1, 0.15) is 12.3 Å². The van der Waals surface area contributed by atoms with Crippen LogP contribution in [0.15, 0.2) is 30.3 Å². The minimum Gasteiger partial charge on any atom is -0.410 e. The zero-order chi connectivity index (χ0) is 19.9. The summed E-state index contributed by atoms with van der Waals surface area (Å²) in [5.74, 6) is -1.96. The molecule has 0 atom stereocenters. The molecule has 1 aliphatic heterocycles. The Hall–Kier alpha value is -2.78. The Balaban J connectivity index is 1.67. The Kier molecular flexibility index (Phi) is 7.03. The topological polar surface area (TPSA) is 87.7 Å². The number of ether oxygens (including phenoxy) is 1. The van der Waals surface area contributed by atoms with Crippen molar-refractivity contribution in [3.05, 3.63) is 30.3 Å². The van der Waals surface area contributed by atoms with Gasteiger partial charge in [-0.15, -0.1) is 0 Å². The van der Waals surface area contributed by atoms with Crippen molar-refractivity contribution in [1.29, 1.82) is 0 Å². The first-order valence-corrected chi connectivity index (χ1v) is 8.39. The monoisotopic (exact) mass is 387 g/mol. The molecule has 10 heteroatoms. The van der Waals surface area contributed by atoms with Crippen molar-refractivity contribution in [2.24, 2.45) is 5.92 Å². The van der Waals surface area contributed by atoms with E-state index in [1.807, 2.05) is 0 Å². The number of nitrogens with zero attached hydrogens (tertiary/aromatic N) is 1. The number of alkyl halides is 3. The van der Waals surface area contributed by atoms with E-state index in [0.717, 1.165) is 0 Å². The van der Waals surface area contributed by atoms with Gasteiger partial charge in [-0.2, -0.15) is 13.2 Å². The number of halogens is 3. The van der Waals surface area contributed by atoms with Gasteiger partial charge in [-0.1, -0.05) is 18.2 Å². The molecule has 0 aromatic heterocycles. The molecule has 2 rings (SSSR count). The summed E-state index contributed by atoms with van der Waals surface area (Å²) in [4.78, 5) is 36.4. The molecule has 0 unspecified atom stereocenters. The summed E-state index contributed by atoms with van der Waals surface area (Å²) < 4.78 is 41.3. The van der Waals surface area contributed by atoms with Gasteiger partial charge in [0.15, 0.2) is 0 Å². The third-order valence-corrected chi connectivity index (χ3v) is 4.03. The molecule has 1 heterocycles. The lowest BCUT2D eigenvalue weighted by atomic mass is 9.97. The molecule has 2 N–H and O–H groups in total. The van der Waals surface area contributed by atoms with Crippen LogP contribution in [0.4, 0.5) is 18.0 Å². The fourth-order valence-corrected chi connectivity index (χ4v) is 2.55. The normalized spacial score (nSPS) is 15.1. The van der Waals surface area contributed by atoms with Gasteiger partial charge < -0.3 is 20.3 Å². The number of benzene rings is 1. The lowest BCUT2D eigenvalue weighted by Gasteiger charge is -2.31.